The minimum Gasteiger partial charge on any atom is -0.335 e. The van der Waals surface area contributed by atoms with Crippen molar-refractivity contribution >= 4 is 11.9 Å². The third kappa shape index (κ3) is 5.96. The second-order valence-electron chi connectivity index (χ2n) is 6.92. The van der Waals surface area contributed by atoms with E-state index in [2.05, 4.69) is 47.6 Å². The van der Waals surface area contributed by atoms with E-state index in [1.807, 2.05) is 7.05 Å². The number of benzene rings is 1. The number of carbonyl (C=O) groups excluding carboxylic acids is 2. The maximum absolute atomic E-state index is 11.9. The Kier molecular flexibility index (Phi) is 6.79. The molecule has 132 valence electrons. The van der Waals surface area contributed by atoms with Crippen molar-refractivity contribution in [2.75, 3.05) is 13.6 Å². The van der Waals surface area contributed by atoms with E-state index in [0.717, 1.165) is 32.2 Å². The average Bonchev–Trinajstić information content (AvgIpc) is 3.01. The van der Waals surface area contributed by atoms with Crippen LogP contribution in [0.3, 0.4) is 0 Å². The summed E-state index contributed by atoms with van der Waals surface area (Å²) in [5.41, 5.74) is 3.79. The maximum Gasteiger partial charge on any atom is 0.321 e. The molecular formula is C19H29N3O2. The van der Waals surface area contributed by atoms with Gasteiger partial charge in [-0.15, -0.1) is 0 Å². The van der Waals surface area contributed by atoms with Crippen LogP contribution in [0, 0.1) is 13.8 Å². The molecule has 3 amide bonds. The molecule has 0 aliphatic heterocycles. The van der Waals surface area contributed by atoms with Crippen LogP contribution in [-0.2, 0) is 11.3 Å². The number of hydrogen-bond donors (Lipinski definition) is 2. The summed E-state index contributed by atoms with van der Waals surface area (Å²) in [5.74, 6) is -0.224. The lowest BCUT2D eigenvalue weighted by Crippen LogP contribution is -2.44. The number of nitrogens with zero attached hydrogens (tertiary/aromatic N) is 1. The quantitative estimate of drug-likeness (QED) is 0.842. The van der Waals surface area contributed by atoms with Gasteiger partial charge in [0.2, 0.25) is 5.91 Å². The van der Waals surface area contributed by atoms with Crippen molar-refractivity contribution in [3.63, 3.8) is 0 Å². The summed E-state index contributed by atoms with van der Waals surface area (Å²) in [5, 5.41) is 5.29. The highest BCUT2D eigenvalue weighted by Crippen LogP contribution is 2.17. The van der Waals surface area contributed by atoms with Gasteiger partial charge in [0.25, 0.3) is 0 Å². The lowest BCUT2D eigenvalue weighted by atomic mass is 10.1. The van der Waals surface area contributed by atoms with Crippen molar-refractivity contribution in [3.8, 4) is 0 Å². The molecule has 1 aromatic carbocycles. The van der Waals surface area contributed by atoms with Crippen molar-refractivity contribution < 1.29 is 9.59 Å². The molecule has 0 heterocycles. The summed E-state index contributed by atoms with van der Waals surface area (Å²) in [7, 11) is 1.99. The van der Waals surface area contributed by atoms with E-state index in [9.17, 15) is 9.59 Å². The summed E-state index contributed by atoms with van der Waals surface area (Å²) in [6, 6.07) is 6.28. The molecule has 1 fully saturated rings. The van der Waals surface area contributed by atoms with Crippen LogP contribution in [0.4, 0.5) is 4.79 Å². The van der Waals surface area contributed by atoms with E-state index in [1.54, 1.807) is 0 Å². The fraction of sp³-hybridized carbons (Fsp3) is 0.579. The highest BCUT2D eigenvalue weighted by molar-refractivity contribution is 5.94. The highest BCUT2D eigenvalue weighted by atomic mass is 16.2. The Morgan fingerprint density at radius 2 is 1.92 bits per heavy atom. The van der Waals surface area contributed by atoms with E-state index in [4.69, 9.17) is 0 Å². The first kappa shape index (κ1) is 18.5. The Bertz CT molecular complexity index is 580. The fourth-order valence-corrected chi connectivity index (χ4v) is 3.17. The monoisotopic (exact) mass is 331 g/mol. The maximum atomic E-state index is 11.9. The zero-order valence-corrected chi connectivity index (χ0v) is 15.0. The largest absolute Gasteiger partial charge is 0.335 e. The van der Waals surface area contributed by atoms with E-state index in [0.29, 0.717) is 13.0 Å². The summed E-state index contributed by atoms with van der Waals surface area (Å²) in [4.78, 5) is 25.8. The molecule has 24 heavy (non-hydrogen) atoms. The van der Waals surface area contributed by atoms with Crippen LogP contribution in [0.2, 0.25) is 0 Å². The van der Waals surface area contributed by atoms with Crippen LogP contribution in [0.25, 0.3) is 0 Å². The van der Waals surface area contributed by atoms with Crippen molar-refractivity contribution in [2.45, 2.75) is 58.5 Å². The molecule has 1 saturated carbocycles. The van der Waals surface area contributed by atoms with E-state index >= 15 is 0 Å². The second-order valence-corrected chi connectivity index (χ2v) is 6.92. The van der Waals surface area contributed by atoms with Gasteiger partial charge in [0.15, 0.2) is 0 Å². The lowest BCUT2D eigenvalue weighted by molar-refractivity contribution is -0.120. The van der Waals surface area contributed by atoms with Crippen LogP contribution in [0.1, 0.15) is 48.8 Å². The summed E-state index contributed by atoms with van der Waals surface area (Å²) in [6.07, 6.45) is 4.66. The fourth-order valence-electron chi connectivity index (χ4n) is 3.17. The zero-order valence-electron chi connectivity index (χ0n) is 15.0. The molecule has 2 rings (SSSR count). The first-order valence-electron chi connectivity index (χ1n) is 8.79. The van der Waals surface area contributed by atoms with Crippen molar-refractivity contribution in [1.82, 2.24) is 15.5 Å². The van der Waals surface area contributed by atoms with E-state index in [1.165, 1.54) is 16.7 Å². The van der Waals surface area contributed by atoms with Gasteiger partial charge in [0, 0.05) is 25.6 Å². The molecule has 1 aliphatic rings. The summed E-state index contributed by atoms with van der Waals surface area (Å²) >= 11 is 0. The summed E-state index contributed by atoms with van der Waals surface area (Å²) in [6.45, 7) is 5.61. The van der Waals surface area contributed by atoms with Crippen molar-refractivity contribution in [2.24, 2.45) is 0 Å². The highest BCUT2D eigenvalue weighted by Gasteiger charge is 2.18. The van der Waals surface area contributed by atoms with Crippen LogP contribution in [0.15, 0.2) is 18.2 Å². The SMILES string of the molecule is Cc1ccc(CN(C)CCC(=O)NC(=O)NC2CCCC2)c(C)c1. The molecule has 0 aromatic heterocycles. The van der Waals surface area contributed by atoms with Gasteiger partial charge in [-0.25, -0.2) is 4.79 Å². The molecule has 2 N–H and O–H groups in total. The lowest BCUT2D eigenvalue weighted by Gasteiger charge is -2.18. The van der Waals surface area contributed by atoms with Gasteiger partial charge in [-0.1, -0.05) is 36.6 Å². The Balaban J connectivity index is 1.69. The molecule has 0 saturated heterocycles. The Morgan fingerprint density at radius 1 is 1.21 bits per heavy atom. The van der Waals surface area contributed by atoms with E-state index in [-0.39, 0.29) is 18.0 Å². The summed E-state index contributed by atoms with van der Waals surface area (Å²) < 4.78 is 0. The second kappa shape index (κ2) is 8.83. The Morgan fingerprint density at radius 3 is 2.58 bits per heavy atom. The zero-order chi connectivity index (χ0) is 17.5. The normalized spacial score (nSPS) is 14.8. The minimum atomic E-state index is -0.357. The van der Waals surface area contributed by atoms with Crippen LogP contribution < -0.4 is 10.6 Å². The molecule has 5 heteroatoms. The molecule has 1 aliphatic carbocycles. The standard InChI is InChI=1S/C19H29N3O2/c1-14-8-9-16(15(2)12-14)13-22(3)11-10-18(23)21-19(24)20-17-6-4-5-7-17/h8-9,12,17H,4-7,10-11,13H2,1-3H3,(H2,20,21,23,24). The number of aryl methyl sites for hydroxylation is 2. The van der Waals surface area contributed by atoms with Crippen molar-refractivity contribution in [3.05, 3.63) is 34.9 Å². The molecule has 0 spiro atoms. The molecule has 0 atom stereocenters. The smallest absolute Gasteiger partial charge is 0.321 e. The molecule has 0 unspecified atom stereocenters. The molecule has 5 nitrogen and oxygen atoms in total. The van der Waals surface area contributed by atoms with Gasteiger partial charge in [0.05, 0.1) is 0 Å². The topological polar surface area (TPSA) is 61.4 Å². The number of urea groups is 1. The van der Waals surface area contributed by atoms with Gasteiger partial charge in [-0.2, -0.15) is 0 Å². The van der Waals surface area contributed by atoms with Gasteiger partial charge in [0.1, 0.15) is 0 Å². The predicted octanol–water partition coefficient (Wildman–Crippen LogP) is 2.89. The third-order valence-electron chi connectivity index (χ3n) is 4.60. The Labute approximate surface area is 144 Å². The first-order chi connectivity index (χ1) is 11.4. The Hall–Kier alpha value is -1.88. The molecular weight excluding hydrogens is 302 g/mol. The van der Waals surface area contributed by atoms with E-state index < -0.39 is 0 Å². The van der Waals surface area contributed by atoms with Crippen LogP contribution >= 0.6 is 0 Å². The number of hydrogen-bond acceptors (Lipinski definition) is 3. The third-order valence-corrected chi connectivity index (χ3v) is 4.60. The average molecular weight is 331 g/mol. The van der Waals surface area contributed by atoms with Gasteiger partial charge >= 0.3 is 6.03 Å². The van der Waals surface area contributed by atoms with Crippen LogP contribution in [0.5, 0.6) is 0 Å². The number of carbonyl (C=O) groups is 2. The van der Waals surface area contributed by atoms with Gasteiger partial charge in [-0.05, 0) is 44.9 Å². The first-order valence-corrected chi connectivity index (χ1v) is 8.79. The van der Waals surface area contributed by atoms with Gasteiger partial charge < -0.3 is 10.2 Å². The van der Waals surface area contributed by atoms with Crippen molar-refractivity contribution in [1.29, 1.82) is 0 Å². The minimum absolute atomic E-state index is 0.224. The molecule has 1 aromatic rings. The van der Waals surface area contributed by atoms with Gasteiger partial charge in [-0.3, -0.25) is 10.1 Å². The van der Waals surface area contributed by atoms with Crippen LogP contribution in [-0.4, -0.2) is 36.5 Å². The molecule has 0 radical (unpaired) electrons. The molecule has 0 bridgehead atoms. The number of amides is 3. The number of nitrogens with one attached hydrogen (secondary N) is 2. The number of rotatable bonds is 6. The predicted molar refractivity (Wildman–Crippen MR) is 95.8 cm³/mol. The number of imide groups is 1.